The average Bonchev–Trinajstić information content (AvgIpc) is 3.13. The fourth-order valence-electron chi connectivity index (χ4n) is 1.99. The maximum atomic E-state index is 12.0. The second-order valence-electron chi connectivity index (χ2n) is 4.43. The normalized spacial score (nSPS) is 10.8. The fraction of sp³-hybridized carbons (Fsp3) is 0.214. The number of fused-ring (bicyclic) bond motifs is 1. The predicted molar refractivity (Wildman–Crippen MR) is 78.9 cm³/mol. The summed E-state index contributed by atoms with van der Waals surface area (Å²) >= 11 is 1.54. The van der Waals surface area contributed by atoms with Crippen molar-refractivity contribution in [3.8, 4) is 0 Å². The van der Waals surface area contributed by atoms with E-state index in [1.165, 1.54) is 0 Å². The van der Waals surface area contributed by atoms with Crippen molar-refractivity contribution in [1.82, 2.24) is 20.3 Å². The third-order valence-electron chi connectivity index (χ3n) is 3.02. The van der Waals surface area contributed by atoms with E-state index in [1.807, 2.05) is 18.2 Å². The number of imidazole rings is 1. The number of benzene rings is 1. The predicted octanol–water partition coefficient (Wildman–Crippen LogP) is 2.38. The lowest BCUT2D eigenvalue weighted by atomic mass is 10.2. The van der Waals surface area contributed by atoms with Gasteiger partial charge in [-0.15, -0.1) is 11.3 Å². The molecule has 5 nitrogen and oxygen atoms in total. The minimum absolute atomic E-state index is 0.0419. The Balaban J connectivity index is 1.53. The van der Waals surface area contributed by atoms with E-state index in [-0.39, 0.29) is 5.91 Å². The van der Waals surface area contributed by atoms with Gasteiger partial charge in [-0.3, -0.25) is 4.79 Å². The molecule has 0 spiro atoms. The number of amides is 1. The Morgan fingerprint density at radius 2 is 2.30 bits per heavy atom. The van der Waals surface area contributed by atoms with Gasteiger partial charge in [-0.05, 0) is 24.6 Å². The fourth-order valence-corrected chi connectivity index (χ4v) is 2.71. The highest BCUT2D eigenvalue weighted by Gasteiger charge is 2.07. The molecular formula is C14H14N4OS. The summed E-state index contributed by atoms with van der Waals surface area (Å²) < 4.78 is 1.04. The first-order valence-corrected chi connectivity index (χ1v) is 7.30. The molecule has 20 heavy (non-hydrogen) atoms. The van der Waals surface area contributed by atoms with Crippen LogP contribution in [0.25, 0.3) is 10.2 Å². The van der Waals surface area contributed by atoms with E-state index >= 15 is 0 Å². The van der Waals surface area contributed by atoms with Crippen molar-refractivity contribution in [2.45, 2.75) is 12.8 Å². The SMILES string of the molecule is O=C(NCCCc1ncc[nH]1)c1ccc2ncsc2c1. The van der Waals surface area contributed by atoms with Gasteiger partial charge in [-0.25, -0.2) is 9.97 Å². The smallest absolute Gasteiger partial charge is 0.251 e. The van der Waals surface area contributed by atoms with Crippen LogP contribution >= 0.6 is 11.3 Å². The van der Waals surface area contributed by atoms with E-state index in [4.69, 9.17) is 0 Å². The maximum Gasteiger partial charge on any atom is 0.251 e. The molecule has 0 saturated heterocycles. The lowest BCUT2D eigenvalue weighted by Crippen LogP contribution is -2.24. The Kier molecular flexibility index (Phi) is 3.73. The monoisotopic (exact) mass is 286 g/mol. The number of aromatic amines is 1. The van der Waals surface area contributed by atoms with Crippen LogP contribution in [0, 0.1) is 0 Å². The lowest BCUT2D eigenvalue weighted by molar-refractivity contribution is 0.0953. The number of H-pyrrole nitrogens is 1. The van der Waals surface area contributed by atoms with Crippen molar-refractivity contribution in [3.05, 3.63) is 47.5 Å². The molecule has 1 amide bonds. The van der Waals surface area contributed by atoms with Gasteiger partial charge in [0.2, 0.25) is 0 Å². The van der Waals surface area contributed by atoms with E-state index in [0.29, 0.717) is 12.1 Å². The summed E-state index contributed by atoms with van der Waals surface area (Å²) in [7, 11) is 0. The second kappa shape index (κ2) is 5.83. The number of carbonyl (C=O) groups is 1. The Morgan fingerprint density at radius 1 is 1.35 bits per heavy atom. The molecule has 3 rings (SSSR count). The van der Waals surface area contributed by atoms with Gasteiger partial charge in [-0.2, -0.15) is 0 Å². The topological polar surface area (TPSA) is 70.7 Å². The molecule has 0 atom stereocenters. The zero-order valence-corrected chi connectivity index (χ0v) is 11.6. The van der Waals surface area contributed by atoms with Crippen LogP contribution in [0.2, 0.25) is 0 Å². The van der Waals surface area contributed by atoms with Gasteiger partial charge < -0.3 is 10.3 Å². The molecule has 0 radical (unpaired) electrons. The lowest BCUT2D eigenvalue weighted by Gasteiger charge is -2.04. The molecule has 0 saturated carbocycles. The van der Waals surface area contributed by atoms with Crippen LogP contribution in [0.3, 0.4) is 0 Å². The summed E-state index contributed by atoms with van der Waals surface area (Å²) in [6.07, 6.45) is 5.24. The molecule has 102 valence electrons. The third-order valence-corrected chi connectivity index (χ3v) is 3.82. The van der Waals surface area contributed by atoms with Crippen molar-refractivity contribution in [2.75, 3.05) is 6.54 Å². The van der Waals surface area contributed by atoms with Gasteiger partial charge >= 0.3 is 0 Å². The summed E-state index contributed by atoms with van der Waals surface area (Å²) in [6, 6.07) is 5.57. The third kappa shape index (κ3) is 2.85. The van der Waals surface area contributed by atoms with Crippen molar-refractivity contribution in [1.29, 1.82) is 0 Å². The molecule has 0 fully saturated rings. The van der Waals surface area contributed by atoms with Crippen molar-refractivity contribution < 1.29 is 4.79 Å². The van der Waals surface area contributed by atoms with Crippen LogP contribution in [0.15, 0.2) is 36.1 Å². The van der Waals surface area contributed by atoms with E-state index in [2.05, 4.69) is 20.3 Å². The number of nitrogens with one attached hydrogen (secondary N) is 2. The van der Waals surface area contributed by atoms with E-state index in [0.717, 1.165) is 28.9 Å². The molecule has 0 bridgehead atoms. The molecule has 0 unspecified atom stereocenters. The van der Waals surface area contributed by atoms with E-state index in [1.54, 1.807) is 29.2 Å². The number of carbonyl (C=O) groups excluding carboxylic acids is 1. The van der Waals surface area contributed by atoms with Crippen LogP contribution in [-0.2, 0) is 6.42 Å². The quantitative estimate of drug-likeness (QED) is 0.707. The van der Waals surface area contributed by atoms with Gasteiger partial charge in [0.1, 0.15) is 5.82 Å². The van der Waals surface area contributed by atoms with Gasteiger partial charge in [-0.1, -0.05) is 0 Å². The Bertz CT molecular complexity index is 705. The number of thiazole rings is 1. The highest BCUT2D eigenvalue weighted by atomic mass is 32.1. The van der Waals surface area contributed by atoms with Gasteiger partial charge in [0.15, 0.2) is 0 Å². The van der Waals surface area contributed by atoms with Crippen LogP contribution in [-0.4, -0.2) is 27.4 Å². The number of nitrogens with zero attached hydrogens (tertiary/aromatic N) is 2. The summed E-state index contributed by atoms with van der Waals surface area (Å²) in [6.45, 7) is 0.639. The first-order chi connectivity index (χ1) is 9.83. The number of rotatable bonds is 5. The molecule has 0 aliphatic carbocycles. The van der Waals surface area contributed by atoms with Gasteiger partial charge in [0, 0.05) is 30.9 Å². The number of hydrogen-bond donors (Lipinski definition) is 2. The Hall–Kier alpha value is -2.21. The minimum Gasteiger partial charge on any atom is -0.352 e. The van der Waals surface area contributed by atoms with Crippen LogP contribution < -0.4 is 5.32 Å². The molecular weight excluding hydrogens is 272 g/mol. The van der Waals surface area contributed by atoms with Crippen LogP contribution in [0.5, 0.6) is 0 Å². The van der Waals surface area contributed by atoms with Gasteiger partial charge in [0.05, 0.1) is 15.7 Å². The average molecular weight is 286 g/mol. The highest BCUT2D eigenvalue weighted by molar-refractivity contribution is 7.16. The molecule has 3 aromatic rings. The largest absolute Gasteiger partial charge is 0.352 e. The van der Waals surface area contributed by atoms with Crippen molar-refractivity contribution in [3.63, 3.8) is 0 Å². The number of aryl methyl sites for hydroxylation is 1. The highest BCUT2D eigenvalue weighted by Crippen LogP contribution is 2.18. The van der Waals surface area contributed by atoms with Crippen LogP contribution in [0.1, 0.15) is 22.6 Å². The summed E-state index contributed by atoms with van der Waals surface area (Å²) in [5, 5.41) is 2.92. The first kappa shape index (κ1) is 12.8. The maximum absolute atomic E-state index is 12.0. The summed E-state index contributed by atoms with van der Waals surface area (Å²) in [4.78, 5) is 23.4. The number of aromatic nitrogens is 3. The van der Waals surface area contributed by atoms with Crippen molar-refractivity contribution >= 4 is 27.5 Å². The molecule has 6 heteroatoms. The molecule has 2 heterocycles. The van der Waals surface area contributed by atoms with E-state index in [9.17, 15) is 4.79 Å². The zero-order chi connectivity index (χ0) is 13.8. The summed E-state index contributed by atoms with van der Waals surface area (Å²) in [5.74, 6) is 0.907. The molecule has 1 aromatic carbocycles. The zero-order valence-electron chi connectivity index (χ0n) is 10.8. The molecule has 0 aliphatic heterocycles. The second-order valence-corrected chi connectivity index (χ2v) is 5.32. The Morgan fingerprint density at radius 3 is 3.15 bits per heavy atom. The minimum atomic E-state index is -0.0419. The van der Waals surface area contributed by atoms with Gasteiger partial charge in [0.25, 0.3) is 5.91 Å². The molecule has 0 aliphatic rings. The Labute approximate surface area is 120 Å². The molecule has 2 aromatic heterocycles. The summed E-state index contributed by atoms with van der Waals surface area (Å²) in [5.41, 5.74) is 3.40. The molecule has 2 N–H and O–H groups in total. The first-order valence-electron chi connectivity index (χ1n) is 6.42. The number of hydrogen-bond acceptors (Lipinski definition) is 4. The standard InChI is InChI=1S/C14H14N4OS/c19-14(17-5-1-2-13-15-6-7-16-13)10-3-4-11-12(8-10)20-9-18-11/h3-4,6-9H,1-2,5H2,(H,15,16)(H,17,19). The van der Waals surface area contributed by atoms with Crippen molar-refractivity contribution in [2.24, 2.45) is 0 Å². The van der Waals surface area contributed by atoms with Crippen LogP contribution in [0.4, 0.5) is 0 Å². The van der Waals surface area contributed by atoms with E-state index < -0.39 is 0 Å².